The number of hydrogen-bond donors (Lipinski definition) is 3. The van der Waals surface area contributed by atoms with Gasteiger partial charge >= 0.3 is 6.03 Å². The molecule has 0 radical (unpaired) electrons. The van der Waals surface area contributed by atoms with Crippen LogP contribution in [0, 0.1) is 18.3 Å². The summed E-state index contributed by atoms with van der Waals surface area (Å²) in [5, 5.41) is 23.3. The molecule has 1 fully saturated rings. The molecule has 1 saturated heterocycles. The Morgan fingerprint density at radius 3 is 2.54 bits per heavy atom. The monoisotopic (exact) mass is 495 g/mol. The number of fused-ring (bicyclic) bond motifs is 1. The molecule has 2 aromatic carbocycles. The molecule has 0 spiro atoms. The van der Waals surface area contributed by atoms with Crippen molar-refractivity contribution in [3.05, 3.63) is 78.1 Å². The highest BCUT2D eigenvalue weighted by atomic mass is 16.5. The molecule has 3 N–H and O–H groups in total. The number of likely N-dealkylation sites (tertiary alicyclic amines) is 1. The molecule has 0 bridgehead atoms. The molecule has 1 aliphatic heterocycles. The summed E-state index contributed by atoms with van der Waals surface area (Å²) in [6.45, 7) is 5.53. The second-order valence-electron chi connectivity index (χ2n) is 9.00. The number of nitrogens with one attached hydrogen (secondary N) is 3. The van der Waals surface area contributed by atoms with Gasteiger partial charge in [0.15, 0.2) is 0 Å². The lowest BCUT2D eigenvalue weighted by Gasteiger charge is -2.15. The van der Waals surface area contributed by atoms with E-state index in [1.807, 2.05) is 61.5 Å². The number of nitrogens with zero attached hydrogens (tertiary/aromatic N) is 4. The highest BCUT2D eigenvalue weighted by molar-refractivity contribution is 5.94. The van der Waals surface area contributed by atoms with Gasteiger partial charge in [-0.1, -0.05) is 18.2 Å². The van der Waals surface area contributed by atoms with Crippen LogP contribution in [0.4, 0.5) is 21.9 Å². The smallest absolute Gasteiger partial charge is 0.319 e. The van der Waals surface area contributed by atoms with Crippen molar-refractivity contribution in [2.75, 3.05) is 36.8 Å². The standard InChI is InChI=1S/C28H29N7O2/c1-20-25(33-28(36)30-13-16-34-14-5-6-15-34)19-35-27(20)26(21(17-29)18-31-35)32-22-9-11-24(12-10-22)37-23-7-3-2-4-8-23/h2-4,7-12,18-19,32H,5-6,13-16H2,1H3,(H2,30,33,36). The van der Waals surface area contributed by atoms with Crippen molar-refractivity contribution in [2.45, 2.75) is 19.8 Å². The van der Waals surface area contributed by atoms with E-state index in [9.17, 15) is 10.1 Å². The summed E-state index contributed by atoms with van der Waals surface area (Å²) < 4.78 is 7.54. The highest BCUT2D eigenvalue weighted by Crippen LogP contribution is 2.33. The van der Waals surface area contributed by atoms with Gasteiger partial charge in [0, 0.05) is 24.3 Å². The maximum Gasteiger partial charge on any atom is 0.319 e. The molecule has 9 nitrogen and oxygen atoms in total. The van der Waals surface area contributed by atoms with Crippen LogP contribution in [-0.2, 0) is 0 Å². The van der Waals surface area contributed by atoms with Crippen LogP contribution in [0.1, 0.15) is 24.0 Å². The number of urea groups is 1. The fourth-order valence-electron chi connectivity index (χ4n) is 4.50. The molecule has 2 amide bonds. The van der Waals surface area contributed by atoms with E-state index in [4.69, 9.17) is 4.74 Å². The number of aromatic nitrogens is 2. The molecule has 9 heteroatoms. The number of ether oxygens (including phenoxy) is 1. The Labute approximate surface area is 215 Å². The Morgan fingerprint density at radius 1 is 1.08 bits per heavy atom. The van der Waals surface area contributed by atoms with Gasteiger partial charge in [0.2, 0.25) is 0 Å². The summed E-state index contributed by atoms with van der Waals surface area (Å²) in [6, 6.07) is 19.0. The van der Waals surface area contributed by atoms with Crippen molar-refractivity contribution in [1.82, 2.24) is 19.8 Å². The third kappa shape index (κ3) is 5.66. The summed E-state index contributed by atoms with van der Waals surface area (Å²) in [4.78, 5) is 14.9. The normalized spacial score (nSPS) is 13.3. The Bertz CT molecular complexity index is 1420. The van der Waals surface area contributed by atoms with E-state index in [0.717, 1.165) is 42.2 Å². The van der Waals surface area contributed by atoms with E-state index in [0.29, 0.717) is 29.2 Å². The van der Waals surface area contributed by atoms with Crippen molar-refractivity contribution in [3.8, 4) is 17.6 Å². The third-order valence-corrected chi connectivity index (χ3v) is 6.44. The molecule has 0 atom stereocenters. The summed E-state index contributed by atoms with van der Waals surface area (Å²) in [7, 11) is 0. The number of para-hydroxylation sites is 1. The molecule has 2 aromatic heterocycles. The van der Waals surface area contributed by atoms with Crippen LogP contribution in [-0.4, -0.2) is 46.7 Å². The van der Waals surface area contributed by atoms with Crippen LogP contribution in [0.2, 0.25) is 0 Å². The minimum atomic E-state index is -0.262. The first-order valence-electron chi connectivity index (χ1n) is 12.4. The fraction of sp³-hybridized carbons (Fsp3) is 0.250. The molecule has 0 unspecified atom stereocenters. The molecular formula is C28H29N7O2. The van der Waals surface area contributed by atoms with E-state index in [2.05, 4.69) is 32.0 Å². The summed E-state index contributed by atoms with van der Waals surface area (Å²) >= 11 is 0. The Balaban J connectivity index is 1.31. The number of anilines is 3. The third-order valence-electron chi connectivity index (χ3n) is 6.44. The first kappa shape index (κ1) is 24.2. The van der Waals surface area contributed by atoms with Crippen LogP contribution >= 0.6 is 0 Å². The number of hydrogen-bond acceptors (Lipinski definition) is 6. The minimum Gasteiger partial charge on any atom is -0.457 e. The van der Waals surface area contributed by atoms with Gasteiger partial charge in [-0.05, 0) is 69.3 Å². The number of nitriles is 1. The van der Waals surface area contributed by atoms with E-state index < -0.39 is 0 Å². The zero-order chi connectivity index (χ0) is 25.6. The van der Waals surface area contributed by atoms with Crippen LogP contribution in [0.15, 0.2) is 67.0 Å². The molecule has 4 aromatic rings. The summed E-state index contributed by atoms with van der Waals surface area (Å²) in [5.41, 5.74) is 3.98. The van der Waals surface area contributed by atoms with Crippen molar-refractivity contribution in [1.29, 1.82) is 5.26 Å². The maximum absolute atomic E-state index is 12.5. The topological polar surface area (TPSA) is 107 Å². The van der Waals surface area contributed by atoms with Gasteiger partial charge in [0.1, 0.15) is 17.6 Å². The molecular weight excluding hydrogens is 466 g/mol. The molecule has 0 aliphatic carbocycles. The van der Waals surface area contributed by atoms with E-state index in [1.165, 1.54) is 19.0 Å². The molecule has 3 heterocycles. The molecule has 0 saturated carbocycles. The van der Waals surface area contributed by atoms with Gasteiger partial charge in [-0.2, -0.15) is 10.4 Å². The number of benzene rings is 2. The molecule has 188 valence electrons. The maximum atomic E-state index is 12.5. The minimum absolute atomic E-state index is 0.262. The fourth-order valence-corrected chi connectivity index (χ4v) is 4.50. The number of rotatable bonds is 8. The van der Waals surface area contributed by atoms with Crippen LogP contribution in [0.5, 0.6) is 11.5 Å². The van der Waals surface area contributed by atoms with E-state index in [-0.39, 0.29) is 6.03 Å². The van der Waals surface area contributed by atoms with E-state index in [1.54, 1.807) is 10.7 Å². The molecule has 1 aliphatic rings. The average Bonchev–Trinajstić information content (AvgIpc) is 3.54. The Morgan fingerprint density at radius 2 is 1.81 bits per heavy atom. The predicted molar refractivity (Wildman–Crippen MR) is 144 cm³/mol. The zero-order valence-corrected chi connectivity index (χ0v) is 20.7. The summed E-state index contributed by atoms with van der Waals surface area (Å²) in [5.74, 6) is 1.47. The largest absolute Gasteiger partial charge is 0.457 e. The second kappa shape index (κ2) is 11.0. The van der Waals surface area contributed by atoms with Gasteiger partial charge in [-0.3, -0.25) is 0 Å². The lowest BCUT2D eigenvalue weighted by molar-refractivity contribution is 0.249. The van der Waals surface area contributed by atoms with Crippen LogP contribution in [0.3, 0.4) is 0 Å². The highest BCUT2D eigenvalue weighted by Gasteiger charge is 2.18. The zero-order valence-electron chi connectivity index (χ0n) is 20.7. The number of carbonyl (C=O) groups excluding carboxylic acids is 1. The average molecular weight is 496 g/mol. The van der Waals surface area contributed by atoms with Gasteiger partial charge < -0.3 is 25.6 Å². The first-order chi connectivity index (χ1) is 18.1. The van der Waals surface area contributed by atoms with Gasteiger partial charge in [0.25, 0.3) is 0 Å². The Kier molecular flexibility index (Phi) is 7.19. The molecule has 5 rings (SSSR count). The number of aryl methyl sites for hydroxylation is 1. The van der Waals surface area contributed by atoms with Crippen molar-refractivity contribution >= 4 is 28.6 Å². The van der Waals surface area contributed by atoms with Crippen molar-refractivity contribution in [3.63, 3.8) is 0 Å². The lowest BCUT2D eigenvalue weighted by Crippen LogP contribution is -2.35. The van der Waals surface area contributed by atoms with Crippen LogP contribution in [0.25, 0.3) is 5.52 Å². The number of amides is 2. The molecule has 37 heavy (non-hydrogen) atoms. The summed E-state index contributed by atoms with van der Waals surface area (Å²) in [6.07, 6.45) is 5.72. The second-order valence-corrected chi connectivity index (χ2v) is 9.00. The van der Waals surface area contributed by atoms with Gasteiger partial charge in [-0.25, -0.2) is 9.31 Å². The van der Waals surface area contributed by atoms with Crippen molar-refractivity contribution in [2.24, 2.45) is 0 Å². The first-order valence-corrected chi connectivity index (χ1v) is 12.4. The number of carbonyl (C=O) groups is 1. The van der Waals surface area contributed by atoms with Crippen LogP contribution < -0.4 is 20.7 Å². The van der Waals surface area contributed by atoms with E-state index >= 15 is 0 Å². The lowest BCUT2D eigenvalue weighted by atomic mass is 10.1. The SMILES string of the molecule is Cc1c(NC(=O)NCCN2CCCC2)cn2ncc(C#N)c(Nc3ccc(Oc4ccccc4)cc3)c12. The predicted octanol–water partition coefficient (Wildman–Crippen LogP) is 5.27. The van der Waals surface area contributed by atoms with Crippen molar-refractivity contribution < 1.29 is 9.53 Å². The van der Waals surface area contributed by atoms with Gasteiger partial charge in [0.05, 0.1) is 34.8 Å². The quantitative estimate of drug-likeness (QED) is 0.308. The Hall–Kier alpha value is -4.55. The van der Waals surface area contributed by atoms with Gasteiger partial charge in [-0.15, -0.1) is 0 Å².